The molecule has 1 saturated heterocycles. The summed E-state index contributed by atoms with van der Waals surface area (Å²) >= 11 is 0. The maximum Gasteiger partial charge on any atom is 0.222 e. The zero-order valence-electron chi connectivity index (χ0n) is 20.2. The van der Waals surface area contributed by atoms with Gasteiger partial charge in [0, 0.05) is 38.5 Å². The van der Waals surface area contributed by atoms with Gasteiger partial charge in [0.1, 0.15) is 11.6 Å². The number of hydrogen-bond acceptors (Lipinski definition) is 2. The molecule has 1 heterocycles. The summed E-state index contributed by atoms with van der Waals surface area (Å²) < 4.78 is 26.6. The Morgan fingerprint density at radius 3 is 1.75 bits per heavy atom. The van der Waals surface area contributed by atoms with Crippen molar-refractivity contribution in [3.05, 3.63) is 71.3 Å². The maximum atomic E-state index is 13.3. The Morgan fingerprint density at radius 1 is 0.875 bits per heavy atom. The Hall–Kier alpha value is -2.27. The van der Waals surface area contributed by atoms with E-state index in [1.165, 1.54) is 30.7 Å². The first-order valence-electron chi connectivity index (χ1n) is 12.0. The average molecular weight is 447 g/mol. The van der Waals surface area contributed by atoms with Gasteiger partial charge in [0.2, 0.25) is 5.91 Å². The predicted molar refractivity (Wildman–Crippen MR) is 130 cm³/mol. The van der Waals surface area contributed by atoms with Crippen molar-refractivity contribution in [3.8, 4) is 0 Å². The van der Waals surface area contributed by atoms with Crippen LogP contribution in [0.25, 0.3) is 0 Å². The first-order valence-corrected chi connectivity index (χ1v) is 12.0. The van der Waals surface area contributed by atoms with Gasteiger partial charge in [-0.25, -0.2) is 8.78 Å². The third-order valence-corrected chi connectivity index (χ3v) is 5.15. The van der Waals surface area contributed by atoms with Gasteiger partial charge >= 0.3 is 0 Å². The second kappa shape index (κ2) is 16.4. The first kappa shape index (κ1) is 27.8. The van der Waals surface area contributed by atoms with Gasteiger partial charge in [0.25, 0.3) is 0 Å². The van der Waals surface area contributed by atoms with Crippen molar-refractivity contribution >= 4 is 5.91 Å². The third-order valence-electron chi connectivity index (χ3n) is 5.15. The summed E-state index contributed by atoms with van der Waals surface area (Å²) in [7, 11) is 0. The number of amides is 1. The number of nitrogens with zero attached hydrogens (tertiary/aromatic N) is 1. The molecular weight excluding hydrogens is 406 g/mol. The number of benzene rings is 2. The van der Waals surface area contributed by atoms with E-state index >= 15 is 0 Å². The van der Waals surface area contributed by atoms with Crippen LogP contribution < -0.4 is 5.32 Å². The normalized spacial score (nSPS) is 13.0. The van der Waals surface area contributed by atoms with Crippen molar-refractivity contribution in [1.29, 1.82) is 0 Å². The lowest BCUT2D eigenvalue weighted by Crippen LogP contribution is -2.46. The second-order valence-corrected chi connectivity index (χ2v) is 7.74. The molecule has 0 aromatic heterocycles. The highest BCUT2D eigenvalue weighted by molar-refractivity contribution is 5.76. The van der Waals surface area contributed by atoms with Crippen LogP contribution in [-0.4, -0.2) is 37.0 Å². The van der Waals surface area contributed by atoms with Crippen LogP contribution in [-0.2, 0) is 4.79 Å². The minimum atomic E-state index is -0.266. The first-order chi connectivity index (χ1) is 15.5. The molecule has 32 heavy (non-hydrogen) atoms. The van der Waals surface area contributed by atoms with Gasteiger partial charge in [-0.05, 0) is 48.2 Å². The largest absolute Gasteiger partial charge is 0.340 e. The van der Waals surface area contributed by atoms with Crippen LogP contribution in [0.15, 0.2) is 48.5 Å². The average Bonchev–Trinajstić information content (AvgIpc) is 2.83. The van der Waals surface area contributed by atoms with Crippen LogP contribution >= 0.6 is 0 Å². The van der Waals surface area contributed by atoms with Gasteiger partial charge < -0.3 is 10.2 Å². The molecule has 1 N–H and O–H groups in total. The standard InChI is InChI=1S/C22H26F2N2O.C3H8.C2H6/c23-19-9-5-17(6-10-19)21(18-7-11-20(24)12-8-18)3-1-2-4-22(27)26-15-13-25-14-16-26;1-3-2;1-2/h5-12,21,25H,1-4,13-16H2;3H2,1-2H3;1-2H3. The summed E-state index contributed by atoms with van der Waals surface area (Å²) in [5.74, 6) is -0.242. The van der Waals surface area contributed by atoms with Crippen molar-refractivity contribution in [2.45, 2.75) is 65.7 Å². The minimum Gasteiger partial charge on any atom is -0.340 e. The lowest BCUT2D eigenvalue weighted by atomic mass is 9.87. The summed E-state index contributed by atoms with van der Waals surface area (Å²) in [6, 6.07) is 13.0. The van der Waals surface area contributed by atoms with Crippen molar-refractivity contribution < 1.29 is 13.6 Å². The highest BCUT2D eigenvalue weighted by atomic mass is 19.1. The molecular formula is C27H40F2N2O. The zero-order valence-corrected chi connectivity index (χ0v) is 20.2. The van der Waals surface area contributed by atoms with E-state index in [0.717, 1.165) is 56.6 Å². The van der Waals surface area contributed by atoms with E-state index in [0.29, 0.717) is 6.42 Å². The number of rotatable bonds is 7. The molecule has 3 rings (SSSR count). The number of unbranched alkanes of at least 4 members (excludes halogenated alkanes) is 1. The summed E-state index contributed by atoms with van der Waals surface area (Å²) in [6.07, 6.45) is 4.35. The van der Waals surface area contributed by atoms with E-state index in [2.05, 4.69) is 19.2 Å². The van der Waals surface area contributed by atoms with Gasteiger partial charge in [0.15, 0.2) is 0 Å². The van der Waals surface area contributed by atoms with Crippen LogP contribution in [0.3, 0.4) is 0 Å². The van der Waals surface area contributed by atoms with Gasteiger partial charge in [-0.1, -0.05) is 64.8 Å². The lowest BCUT2D eigenvalue weighted by Gasteiger charge is -2.27. The molecule has 3 nitrogen and oxygen atoms in total. The molecule has 0 radical (unpaired) electrons. The molecule has 0 atom stereocenters. The molecule has 1 fully saturated rings. The number of carbonyl (C=O) groups excluding carboxylic acids is 1. The molecule has 1 aliphatic rings. The van der Waals surface area contributed by atoms with Gasteiger partial charge in [-0.3, -0.25) is 4.79 Å². The quantitative estimate of drug-likeness (QED) is 0.490. The van der Waals surface area contributed by atoms with E-state index in [4.69, 9.17) is 0 Å². The van der Waals surface area contributed by atoms with Crippen molar-refractivity contribution in [2.75, 3.05) is 26.2 Å². The van der Waals surface area contributed by atoms with Crippen LogP contribution in [0.5, 0.6) is 0 Å². The third kappa shape index (κ3) is 9.90. The van der Waals surface area contributed by atoms with E-state index < -0.39 is 0 Å². The predicted octanol–water partition coefficient (Wildman–Crippen LogP) is 6.53. The number of piperazine rings is 1. The summed E-state index contributed by atoms with van der Waals surface area (Å²) in [5.41, 5.74) is 2.02. The molecule has 2 aromatic rings. The van der Waals surface area contributed by atoms with E-state index in [9.17, 15) is 13.6 Å². The summed E-state index contributed by atoms with van der Waals surface area (Å²) in [5, 5.41) is 3.25. The Kier molecular flexibility index (Phi) is 14.2. The van der Waals surface area contributed by atoms with Gasteiger partial charge in [-0.2, -0.15) is 0 Å². The Balaban J connectivity index is 0.000000944. The number of nitrogens with one attached hydrogen (secondary N) is 1. The molecule has 0 unspecified atom stereocenters. The molecule has 0 aliphatic carbocycles. The summed E-state index contributed by atoms with van der Waals surface area (Å²) in [6.45, 7) is 11.5. The Labute approximate surface area is 193 Å². The topological polar surface area (TPSA) is 32.3 Å². The highest BCUT2D eigenvalue weighted by Crippen LogP contribution is 2.30. The maximum absolute atomic E-state index is 13.3. The molecule has 1 aliphatic heterocycles. The van der Waals surface area contributed by atoms with Crippen LogP contribution in [0.2, 0.25) is 0 Å². The second-order valence-electron chi connectivity index (χ2n) is 7.74. The SMILES string of the molecule is CC.CCC.O=C(CCCCC(c1ccc(F)cc1)c1ccc(F)cc1)N1CCNCC1. The number of halogens is 2. The monoisotopic (exact) mass is 446 g/mol. The molecule has 0 spiro atoms. The van der Waals surface area contributed by atoms with E-state index in [-0.39, 0.29) is 23.5 Å². The molecule has 0 saturated carbocycles. The Morgan fingerprint density at radius 2 is 1.31 bits per heavy atom. The fourth-order valence-electron chi connectivity index (χ4n) is 3.61. The zero-order chi connectivity index (χ0) is 23.8. The molecule has 0 bridgehead atoms. The summed E-state index contributed by atoms with van der Waals surface area (Å²) in [4.78, 5) is 14.2. The van der Waals surface area contributed by atoms with E-state index in [1.807, 2.05) is 18.7 Å². The molecule has 178 valence electrons. The fourth-order valence-corrected chi connectivity index (χ4v) is 3.61. The van der Waals surface area contributed by atoms with E-state index in [1.54, 1.807) is 24.3 Å². The van der Waals surface area contributed by atoms with Crippen molar-refractivity contribution in [1.82, 2.24) is 10.2 Å². The lowest BCUT2D eigenvalue weighted by molar-refractivity contribution is -0.131. The molecule has 2 aromatic carbocycles. The molecule has 5 heteroatoms. The van der Waals surface area contributed by atoms with Crippen LogP contribution in [0, 0.1) is 11.6 Å². The smallest absolute Gasteiger partial charge is 0.222 e. The fraction of sp³-hybridized carbons (Fsp3) is 0.519. The number of carbonyl (C=O) groups is 1. The number of hydrogen-bond donors (Lipinski definition) is 1. The molecule has 1 amide bonds. The van der Waals surface area contributed by atoms with Gasteiger partial charge in [0.05, 0.1) is 0 Å². The van der Waals surface area contributed by atoms with Crippen LogP contribution in [0.4, 0.5) is 8.78 Å². The Bertz CT molecular complexity index is 696. The van der Waals surface area contributed by atoms with Crippen molar-refractivity contribution in [3.63, 3.8) is 0 Å². The van der Waals surface area contributed by atoms with Gasteiger partial charge in [-0.15, -0.1) is 0 Å². The van der Waals surface area contributed by atoms with Crippen molar-refractivity contribution in [2.24, 2.45) is 0 Å². The van der Waals surface area contributed by atoms with Crippen LogP contribution in [0.1, 0.15) is 76.8 Å². The minimum absolute atomic E-state index is 0.0699. The highest BCUT2D eigenvalue weighted by Gasteiger charge is 2.17.